The summed E-state index contributed by atoms with van der Waals surface area (Å²) in [5.41, 5.74) is 0.750. The molecule has 0 amide bonds. The first kappa shape index (κ1) is 15.6. The van der Waals surface area contributed by atoms with Crippen LogP contribution in [-0.2, 0) is 17.1 Å². The lowest BCUT2D eigenvalue weighted by atomic mass is 10.1. The van der Waals surface area contributed by atoms with Gasteiger partial charge >= 0.3 is 0 Å². The third kappa shape index (κ3) is 3.05. The van der Waals surface area contributed by atoms with E-state index in [2.05, 4.69) is 0 Å². The molecule has 1 aromatic rings. The van der Waals surface area contributed by atoms with Crippen molar-refractivity contribution in [3.63, 3.8) is 0 Å². The van der Waals surface area contributed by atoms with Gasteiger partial charge in [0.15, 0.2) is 0 Å². The van der Waals surface area contributed by atoms with E-state index in [0.717, 1.165) is 18.5 Å². The highest BCUT2D eigenvalue weighted by Crippen LogP contribution is 2.32. The highest BCUT2D eigenvalue weighted by Gasteiger charge is 2.41. The second-order valence-corrected chi connectivity index (χ2v) is 8.40. The van der Waals surface area contributed by atoms with Crippen molar-refractivity contribution >= 4 is 10.0 Å². The fourth-order valence-corrected chi connectivity index (χ4v) is 4.65. The predicted molar refractivity (Wildman–Crippen MR) is 83.6 cm³/mol. The van der Waals surface area contributed by atoms with Crippen molar-refractivity contribution < 1.29 is 13.2 Å². The summed E-state index contributed by atoms with van der Waals surface area (Å²) < 4.78 is 33.4. The summed E-state index contributed by atoms with van der Waals surface area (Å²) in [6.07, 6.45) is 2.90. The Balaban J connectivity index is 1.61. The van der Waals surface area contributed by atoms with E-state index in [1.807, 2.05) is 13.0 Å². The third-order valence-corrected chi connectivity index (χ3v) is 6.88. The molecule has 22 heavy (non-hydrogen) atoms. The molecular weight excluding hydrogens is 304 g/mol. The number of nitrogens with zero attached hydrogens (tertiary/aromatic N) is 2. The molecule has 0 unspecified atom stereocenters. The Kier molecular flexibility index (Phi) is 4.03. The zero-order valence-corrected chi connectivity index (χ0v) is 13.8. The Hall–Kier alpha value is -1.34. The normalized spacial score (nSPS) is 21.0. The monoisotopic (exact) mass is 326 g/mol. The second kappa shape index (κ2) is 5.70. The molecule has 0 bridgehead atoms. The van der Waals surface area contributed by atoms with Crippen molar-refractivity contribution in [2.45, 2.75) is 44.0 Å². The molecule has 0 N–H and O–H groups in total. The van der Waals surface area contributed by atoms with Gasteiger partial charge < -0.3 is 9.30 Å². The Morgan fingerprint density at radius 1 is 1.14 bits per heavy atom. The van der Waals surface area contributed by atoms with E-state index in [1.54, 1.807) is 15.9 Å². The number of rotatable bonds is 4. The Labute approximate surface area is 130 Å². The minimum atomic E-state index is -3.08. The molecule has 1 aliphatic heterocycles. The minimum absolute atomic E-state index is 0.0304. The number of aryl methyl sites for hydroxylation is 1. The summed E-state index contributed by atoms with van der Waals surface area (Å²) in [4.78, 5) is 11.8. The SMILES string of the molecule is Cc1cc(OC2CCN(S(=O)(=O)C3CC3)CC2)cc(=O)n1C. The van der Waals surface area contributed by atoms with Gasteiger partial charge in [-0.1, -0.05) is 0 Å². The van der Waals surface area contributed by atoms with Crippen molar-refractivity contribution in [1.29, 1.82) is 0 Å². The molecule has 1 aliphatic carbocycles. The molecule has 2 aliphatic rings. The van der Waals surface area contributed by atoms with Gasteiger partial charge in [0, 0.05) is 31.9 Å². The molecule has 6 nitrogen and oxygen atoms in total. The summed E-state index contributed by atoms with van der Waals surface area (Å²) >= 11 is 0. The number of hydrogen-bond acceptors (Lipinski definition) is 4. The van der Waals surface area contributed by atoms with Crippen LogP contribution in [0.4, 0.5) is 0 Å². The average Bonchev–Trinajstić information content (AvgIpc) is 3.30. The number of sulfonamides is 1. The molecule has 1 aromatic heterocycles. The van der Waals surface area contributed by atoms with E-state index >= 15 is 0 Å². The van der Waals surface area contributed by atoms with Crippen LogP contribution in [0.2, 0.25) is 0 Å². The quantitative estimate of drug-likeness (QED) is 0.829. The zero-order chi connectivity index (χ0) is 15.9. The molecule has 7 heteroatoms. The first-order valence-electron chi connectivity index (χ1n) is 7.71. The van der Waals surface area contributed by atoms with E-state index in [-0.39, 0.29) is 16.9 Å². The van der Waals surface area contributed by atoms with E-state index in [4.69, 9.17) is 4.74 Å². The van der Waals surface area contributed by atoms with E-state index in [0.29, 0.717) is 31.7 Å². The Morgan fingerprint density at radius 3 is 2.32 bits per heavy atom. The summed E-state index contributed by atoms with van der Waals surface area (Å²) in [5, 5.41) is -0.148. The molecule has 0 aromatic carbocycles. The average molecular weight is 326 g/mol. The number of aromatic nitrogens is 1. The van der Waals surface area contributed by atoms with E-state index < -0.39 is 10.0 Å². The summed E-state index contributed by atoms with van der Waals surface area (Å²) in [5.74, 6) is 0.573. The topological polar surface area (TPSA) is 68.6 Å². The third-order valence-electron chi connectivity index (χ3n) is 4.49. The Morgan fingerprint density at radius 2 is 1.77 bits per heavy atom. The maximum absolute atomic E-state index is 12.2. The molecule has 2 heterocycles. The van der Waals surface area contributed by atoms with Gasteiger partial charge in [-0.15, -0.1) is 0 Å². The molecule has 3 rings (SSSR count). The van der Waals surface area contributed by atoms with E-state index in [1.165, 1.54) is 6.07 Å². The van der Waals surface area contributed by atoms with E-state index in [9.17, 15) is 13.2 Å². The lowest BCUT2D eigenvalue weighted by Gasteiger charge is -2.31. The molecule has 2 fully saturated rings. The highest BCUT2D eigenvalue weighted by molar-refractivity contribution is 7.90. The summed E-state index contributed by atoms with van der Waals surface area (Å²) in [6, 6.07) is 3.33. The smallest absolute Gasteiger partial charge is 0.254 e. The van der Waals surface area contributed by atoms with Gasteiger partial charge in [-0.3, -0.25) is 4.79 Å². The van der Waals surface area contributed by atoms with Crippen molar-refractivity contribution in [3.05, 3.63) is 28.2 Å². The van der Waals surface area contributed by atoms with Crippen LogP contribution in [-0.4, -0.2) is 41.7 Å². The molecule has 122 valence electrons. The van der Waals surface area contributed by atoms with Gasteiger partial charge in [-0.2, -0.15) is 0 Å². The van der Waals surface area contributed by atoms with Crippen molar-refractivity contribution in [2.75, 3.05) is 13.1 Å². The molecule has 1 saturated heterocycles. The first-order valence-corrected chi connectivity index (χ1v) is 9.21. The van der Waals surface area contributed by atoms with Crippen LogP contribution in [0.3, 0.4) is 0 Å². The zero-order valence-electron chi connectivity index (χ0n) is 13.0. The lowest BCUT2D eigenvalue weighted by Crippen LogP contribution is -2.43. The first-order chi connectivity index (χ1) is 10.4. The van der Waals surface area contributed by atoms with Crippen molar-refractivity contribution in [3.8, 4) is 5.75 Å². The number of hydrogen-bond donors (Lipinski definition) is 0. The van der Waals surface area contributed by atoms with Gasteiger partial charge in [0.2, 0.25) is 10.0 Å². The minimum Gasteiger partial charge on any atom is -0.490 e. The fourth-order valence-electron chi connectivity index (χ4n) is 2.78. The van der Waals surface area contributed by atoms with Crippen LogP contribution in [0.25, 0.3) is 0 Å². The molecule has 0 spiro atoms. The number of ether oxygens (including phenoxy) is 1. The maximum Gasteiger partial charge on any atom is 0.254 e. The van der Waals surface area contributed by atoms with Crippen LogP contribution < -0.4 is 10.3 Å². The van der Waals surface area contributed by atoms with Crippen LogP contribution in [0, 0.1) is 6.92 Å². The fraction of sp³-hybridized carbons (Fsp3) is 0.667. The molecule has 0 radical (unpaired) electrons. The number of piperidine rings is 1. The lowest BCUT2D eigenvalue weighted by molar-refractivity contribution is 0.134. The van der Waals surface area contributed by atoms with Crippen molar-refractivity contribution in [1.82, 2.24) is 8.87 Å². The standard InChI is InChI=1S/C15H22N2O4S/c1-11-9-13(10-15(18)16(11)2)21-12-5-7-17(8-6-12)22(19,20)14-3-4-14/h9-10,12,14H,3-8H2,1-2H3. The van der Waals surface area contributed by atoms with Gasteiger partial charge in [0.1, 0.15) is 11.9 Å². The number of pyridine rings is 1. The van der Waals surface area contributed by atoms with Gasteiger partial charge in [-0.05, 0) is 38.7 Å². The van der Waals surface area contributed by atoms with Crippen LogP contribution >= 0.6 is 0 Å². The summed E-state index contributed by atoms with van der Waals surface area (Å²) in [6.45, 7) is 2.87. The molecular formula is C15H22N2O4S. The Bertz CT molecular complexity index is 714. The maximum atomic E-state index is 12.2. The van der Waals surface area contributed by atoms with Gasteiger partial charge in [0.05, 0.1) is 5.25 Å². The summed E-state index contributed by atoms with van der Waals surface area (Å²) in [7, 11) is -1.35. The molecule has 1 saturated carbocycles. The van der Waals surface area contributed by atoms with Gasteiger partial charge in [0.25, 0.3) is 5.56 Å². The van der Waals surface area contributed by atoms with Crippen LogP contribution in [0.1, 0.15) is 31.4 Å². The molecule has 0 atom stereocenters. The predicted octanol–water partition coefficient (Wildman–Crippen LogP) is 1.03. The van der Waals surface area contributed by atoms with Gasteiger partial charge in [-0.25, -0.2) is 12.7 Å². The van der Waals surface area contributed by atoms with Crippen LogP contribution in [0.5, 0.6) is 5.75 Å². The second-order valence-electron chi connectivity index (χ2n) is 6.19. The highest BCUT2D eigenvalue weighted by atomic mass is 32.2. The largest absolute Gasteiger partial charge is 0.490 e. The van der Waals surface area contributed by atoms with Crippen molar-refractivity contribution in [2.24, 2.45) is 7.05 Å². The van der Waals surface area contributed by atoms with Crippen LogP contribution in [0.15, 0.2) is 16.9 Å².